The van der Waals surface area contributed by atoms with Crippen LogP contribution in [0, 0.1) is 25.7 Å². The number of carbonyl (C=O) groups is 1. The summed E-state index contributed by atoms with van der Waals surface area (Å²) in [5, 5.41) is 10.5. The van der Waals surface area contributed by atoms with Gasteiger partial charge in [-0.2, -0.15) is 0 Å². The molecule has 2 heterocycles. The summed E-state index contributed by atoms with van der Waals surface area (Å²) in [4.78, 5) is 21.9. The molecule has 1 amide bonds. The van der Waals surface area contributed by atoms with Crippen LogP contribution in [0.15, 0.2) is 0 Å². The minimum atomic E-state index is 0.154. The Balaban J connectivity index is 1.98. The first-order valence-electron chi connectivity index (χ1n) is 7.37. The Kier molecular flexibility index (Phi) is 5.35. The molecule has 6 heteroatoms. The van der Waals surface area contributed by atoms with Crippen LogP contribution >= 0.6 is 11.3 Å². The molecular weight excluding hydrogens is 286 g/mol. The molecule has 5 nitrogen and oxygen atoms in total. The third-order valence-electron chi connectivity index (χ3n) is 4.07. The average Bonchev–Trinajstić information content (AvgIpc) is 2.92. The number of aliphatic hydroxyl groups is 1. The molecular formula is C15H25N3O2S. The van der Waals surface area contributed by atoms with Crippen molar-refractivity contribution in [1.29, 1.82) is 0 Å². The number of carbonyl (C=O) groups excluding carboxylic acids is 1. The third kappa shape index (κ3) is 4.02. The standard InChI is InChI=1S/C15H25N3O2S/c1-10-14(21-11(2)16-10)5-15(20)18-7-12(6-17(3)4)13(8-18)9-19/h12-13,19H,5-9H2,1-4H3/t12-,13-/m1/s1. The van der Waals surface area contributed by atoms with E-state index in [-0.39, 0.29) is 18.4 Å². The van der Waals surface area contributed by atoms with Gasteiger partial charge in [-0.1, -0.05) is 0 Å². The molecule has 118 valence electrons. The molecule has 0 spiro atoms. The number of nitrogens with zero attached hydrogens (tertiary/aromatic N) is 3. The predicted molar refractivity (Wildman–Crippen MR) is 84.5 cm³/mol. The van der Waals surface area contributed by atoms with E-state index < -0.39 is 0 Å². The van der Waals surface area contributed by atoms with Crippen LogP contribution in [0.25, 0.3) is 0 Å². The summed E-state index contributed by atoms with van der Waals surface area (Å²) < 4.78 is 0. The lowest BCUT2D eigenvalue weighted by Crippen LogP contribution is -2.31. The molecule has 0 unspecified atom stereocenters. The van der Waals surface area contributed by atoms with E-state index in [1.807, 2.05) is 32.8 Å². The van der Waals surface area contributed by atoms with Gasteiger partial charge in [0.05, 0.1) is 17.1 Å². The topological polar surface area (TPSA) is 56.7 Å². The Bertz CT molecular complexity index is 501. The minimum absolute atomic E-state index is 0.154. The molecule has 1 aromatic heterocycles. The Labute approximate surface area is 130 Å². The number of rotatable bonds is 5. The molecule has 2 atom stereocenters. The number of hydrogen-bond acceptors (Lipinski definition) is 5. The van der Waals surface area contributed by atoms with Crippen molar-refractivity contribution in [2.75, 3.05) is 40.3 Å². The summed E-state index contributed by atoms with van der Waals surface area (Å²) in [7, 11) is 4.06. The fraction of sp³-hybridized carbons (Fsp3) is 0.733. The highest BCUT2D eigenvalue weighted by Crippen LogP contribution is 2.25. The van der Waals surface area contributed by atoms with E-state index in [2.05, 4.69) is 9.88 Å². The quantitative estimate of drug-likeness (QED) is 0.879. The number of hydrogen-bond donors (Lipinski definition) is 1. The molecule has 0 bridgehead atoms. The van der Waals surface area contributed by atoms with Crippen LogP contribution in [0.2, 0.25) is 0 Å². The van der Waals surface area contributed by atoms with Crippen molar-refractivity contribution >= 4 is 17.2 Å². The highest BCUT2D eigenvalue weighted by Gasteiger charge is 2.35. The Morgan fingerprint density at radius 3 is 2.57 bits per heavy atom. The number of aryl methyl sites for hydroxylation is 2. The largest absolute Gasteiger partial charge is 0.396 e. The monoisotopic (exact) mass is 311 g/mol. The number of aromatic nitrogens is 1. The summed E-state index contributed by atoms with van der Waals surface area (Å²) in [5.74, 6) is 0.709. The van der Waals surface area contributed by atoms with Gasteiger partial charge in [-0.3, -0.25) is 4.79 Å². The lowest BCUT2D eigenvalue weighted by Gasteiger charge is -2.20. The first kappa shape index (κ1) is 16.4. The van der Waals surface area contributed by atoms with Crippen molar-refractivity contribution in [3.05, 3.63) is 15.6 Å². The van der Waals surface area contributed by atoms with Crippen LogP contribution in [0.3, 0.4) is 0 Å². The van der Waals surface area contributed by atoms with Crippen molar-refractivity contribution in [2.24, 2.45) is 11.8 Å². The predicted octanol–water partition coefficient (Wildman–Crippen LogP) is 0.931. The van der Waals surface area contributed by atoms with Crippen LogP contribution in [0.1, 0.15) is 15.6 Å². The summed E-state index contributed by atoms with van der Waals surface area (Å²) in [6, 6.07) is 0. The van der Waals surface area contributed by atoms with Gasteiger partial charge in [0.1, 0.15) is 0 Å². The summed E-state index contributed by atoms with van der Waals surface area (Å²) in [6.45, 7) is 6.41. The molecule has 1 aliphatic rings. The first-order valence-corrected chi connectivity index (χ1v) is 8.18. The maximum absolute atomic E-state index is 12.5. The van der Waals surface area contributed by atoms with Crippen molar-refractivity contribution in [3.63, 3.8) is 0 Å². The fourth-order valence-corrected chi connectivity index (χ4v) is 3.94. The molecule has 0 radical (unpaired) electrons. The van der Waals surface area contributed by atoms with Crippen LogP contribution in [-0.2, 0) is 11.2 Å². The zero-order valence-corrected chi connectivity index (χ0v) is 14.1. The zero-order valence-electron chi connectivity index (χ0n) is 13.3. The second kappa shape index (κ2) is 6.85. The van der Waals surface area contributed by atoms with E-state index in [0.717, 1.165) is 28.7 Å². The lowest BCUT2D eigenvalue weighted by atomic mass is 9.97. The second-order valence-corrected chi connectivity index (χ2v) is 7.47. The van der Waals surface area contributed by atoms with Crippen molar-refractivity contribution in [3.8, 4) is 0 Å². The van der Waals surface area contributed by atoms with E-state index in [1.165, 1.54) is 0 Å². The van der Waals surface area contributed by atoms with E-state index in [9.17, 15) is 9.90 Å². The van der Waals surface area contributed by atoms with Gasteiger partial charge in [-0.05, 0) is 33.9 Å². The van der Waals surface area contributed by atoms with Gasteiger partial charge in [-0.25, -0.2) is 4.98 Å². The van der Waals surface area contributed by atoms with Crippen molar-refractivity contribution in [1.82, 2.24) is 14.8 Å². The van der Waals surface area contributed by atoms with Crippen LogP contribution in [-0.4, -0.2) is 66.1 Å². The molecule has 2 rings (SSSR count). The minimum Gasteiger partial charge on any atom is -0.396 e. The van der Waals surface area contributed by atoms with E-state index in [4.69, 9.17) is 0 Å². The Morgan fingerprint density at radius 2 is 2.05 bits per heavy atom. The summed E-state index contributed by atoms with van der Waals surface area (Å²) >= 11 is 1.60. The van der Waals surface area contributed by atoms with Crippen LogP contribution in [0.4, 0.5) is 0 Å². The van der Waals surface area contributed by atoms with Gasteiger partial charge in [-0.15, -0.1) is 11.3 Å². The highest BCUT2D eigenvalue weighted by atomic mass is 32.1. The normalized spacial score (nSPS) is 22.3. The highest BCUT2D eigenvalue weighted by molar-refractivity contribution is 7.11. The van der Waals surface area contributed by atoms with E-state index in [0.29, 0.717) is 18.9 Å². The van der Waals surface area contributed by atoms with Crippen molar-refractivity contribution < 1.29 is 9.90 Å². The number of aliphatic hydroxyl groups excluding tert-OH is 1. The number of likely N-dealkylation sites (tertiary alicyclic amines) is 1. The molecule has 0 saturated carbocycles. The van der Waals surface area contributed by atoms with Gasteiger partial charge in [0, 0.05) is 37.0 Å². The molecule has 0 aliphatic carbocycles. The maximum Gasteiger partial charge on any atom is 0.227 e. The fourth-order valence-electron chi connectivity index (χ4n) is 3.01. The molecule has 1 saturated heterocycles. The first-order chi connectivity index (χ1) is 9.90. The molecule has 0 aromatic carbocycles. The van der Waals surface area contributed by atoms with E-state index in [1.54, 1.807) is 11.3 Å². The van der Waals surface area contributed by atoms with Crippen LogP contribution < -0.4 is 0 Å². The van der Waals surface area contributed by atoms with Gasteiger partial charge >= 0.3 is 0 Å². The Hall–Kier alpha value is -0.980. The molecule has 1 N–H and O–H groups in total. The van der Waals surface area contributed by atoms with Crippen LogP contribution in [0.5, 0.6) is 0 Å². The van der Waals surface area contributed by atoms with E-state index >= 15 is 0 Å². The van der Waals surface area contributed by atoms with Crippen molar-refractivity contribution in [2.45, 2.75) is 20.3 Å². The molecule has 1 aliphatic heterocycles. The van der Waals surface area contributed by atoms with Gasteiger partial charge in [0.25, 0.3) is 0 Å². The SMILES string of the molecule is Cc1nc(C)c(CC(=O)N2C[C@@H](CN(C)C)[C@@H](CO)C2)s1. The Morgan fingerprint density at radius 1 is 1.38 bits per heavy atom. The molecule has 1 aromatic rings. The molecule has 1 fully saturated rings. The summed E-state index contributed by atoms with van der Waals surface area (Å²) in [5.41, 5.74) is 0.966. The number of thiazole rings is 1. The van der Waals surface area contributed by atoms with Gasteiger partial charge in [0.2, 0.25) is 5.91 Å². The zero-order chi connectivity index (χ0) is 15.6. The number of amides is 1. The summed E-state index contributed by atoms with van der Waals surface area (Å²) in [6.07, 6.45) is 0.435. The second-order valence-electron chi connectivity index (χ2n) is 6.18. The average molecular weight is 311 g/mol. The third-order valence-corrected chi connectivity index (χ3v) is 5.15. The maximum atomic E-state index is 12.5. The lowest BCUT2D eigenvalue weighted by molar-refractivity contribution is -0.129. The van der Waals surface area contributed by atoms with Gasteiger partial charge in [0.15, 0.2) is 0 Å². The molecule has 21 heavy (non-hydrogen) atoms. The van der Waals surface area contributed by atoms with Gasteiger partial charge < -0.3 is 14.9 Å². The smallest absolute Gasteiger partial charge is 0.227 e.